The van der Waals surface area contributed by atoms with Crippen molar-refractivity contribution in [3.8, 4) is 11.8 Å². The topological polar surface area (TPSA) is 84.3 Å². The summed E-state index contributed by atoms with van der Waals surface area (Å²) in [5, 5.41) is 2.61. The smallest absolute Gasteiger partial charge is 0.263 e. The number of carbonyl (C=O) groups excluding carboxylic acids is 2. The van der Waals surface area contributed by atoms with Crippen molar-refractivity contribution < 1.29 is 14.0 Å². The molecule has 0 radical (unpaired) electrons. The number of aryl methyl sites for hydroxylation is 1. The van der Waals surface area contributed by atoms with Gasteiger partial charge < -0.3 is 0 Å². The van der Waals surface area contributed by atoms with E-state index in [2.05, 4.69) is 27.0 Å². The third-order valence-corrected chi connectivity index (χ3v) is 7.35. The molecule has 2 aliphatic heterocycles. The molecule has 3 heterocycles. The minimum Gasteiger partial charge on any atom is -0.299 e. The van der Waals surface area contributed by atoms with E-state index < -0.39 is 11.9 Å². The van der Waals surface area contributed by atoms with Crippen molar-refractivity contribution >= 4 is 22.7 Å². The molecule has 2 saturated heterocycles. The number of carbonyl (C=O) groups is 2. The zero-order chi connectivity index (χ0) is 26.6. The Kier molecular flexibility index (Phi) is 7.66. The quantitative estimate of drug-likeness (QED) is 0.423. The van der Waals surface area contributed by atoms with E-state index in [1.165, 1.54) is 30.3 Å². The zero-order valence-electron chi connectivity index (χ0n) is 21.6. The molecule has 1 unspecified atom stereocenters. The van der Waals surface area contributed by atoms with Crippen LogP contribution in [0.1, 0.15) is 67.1 Å². The van der Waals surface area contributed by atoms with Gasteiger partial charge in [0.15, 0.2) is 0 Å². The largest absolute Gasteiger partial charge is 0.299 e. The van der Waals surface area contributed by atoms with Crippen molar-refractivity contribution in [3.63, 3.8) is 0 Å². The van der Waals surface area contributed by atoms with Gasteiger partial charge >= 0.3 is 0 Å². The van der Waals surface area contributed by atoms with E-state index in [0.717, 1.165) is 25.2 Å². The summed E-state index contributed by atoms with van der Waals surface area (Å²) in [6, 6.07) is 9.78. The Morgan fingerprint density at radius 2 is 1.87 bits per heavy atom. The second-order valence-electron chi connectivity index (χ2n) is 10.1. The Hall–Kier alpha value is -3.83. The molecular weight excluding hydrogens is 483 g/mol. The maximum atomic E-state index is 14.9. The SMILES string of the molecule is Cc1nc2cccc(C#CCc3ccc(CN4CCCCCC4)cc3F)c2c(=O)n1C1CCC(=O)NC1=O. The van der Waals surface area contributed by atoms with Crippen molar-refractivity contribution in [2.75, 3.05) is 13.1 Å². The number of amides is 2. The summed E-state index contributed by atoms with van der Waals surface area (Å²) >= 11 is 0. The van der Waals surface area contributed by atoms with Gasteiger partial charge in [0.05, 0.1) is 10.9 Å². The number of nitrogens with zero attached hydrogens (tertiary/aromatic N) is 3. The average molecular weight is 515 g/mol. The van der Waals surface area contributed by atoms with Crippen LogP contribution in [0.4, 0.5) is 4.39 Å². The minimum absolute atomic E-state index is 0.157. The highest BCUT2D eigenvalue weighted by molar-refractivity contribution is 5.99. The van der Waals surface area contributed by atoms with E-state index in [1.807, 2.05) is 6.07 Å². The number of imide groups is 1. The number of rotatable bonds is 4. The second-order valence-corrected chi connectivity index (χ2v) is 10.1. The first kappa shape index (κ1) is 25.8. The average Bonchev–Trinajstić information content (AvgIpc) is 3.15. The van der Waals surface area contributed by atoms with Gasteiger partial charge in [0.1, 0.15) is 17.7 Å². The van der Waals surface area contributed by atoms with Crippen molar-refractivity contribution in [1.29, 1.82) is 0 Å². The standard InChI is InChI=1S/C30H31FN4O3/c1-20-32-25-11-7-10-23(28(25)30(38)35(20)26-14-15-27(36)33-29(26)37)9-6-8-22-13-12-21(18-24(22)31)19-34-16-4-2-3-5-17-34/h7,10-13,18,26H,2-5,8,14-17,19H2,1H3,(H,33,36,37). The molecule has 2 aromatic carbocycles. The monoisotopic (exact) mass is 514 g/mol. The Morgan fingerprint density at radius 1 is 1.08 bits per heavy atom. The Bertz CT molecular complexity index is 1510. The summed E-state index contributed by atoms with van der Waals surface area (Å²) in [7, 11) is 0. The number of likely N-dealkylation sites (tertiary alicyclic amines) is 1. The maximum Gasteiger partial charge on any atom is 0.263 e. The summed E-state index contributed by atoms with van der Waals surface area (Å²) in [4.78, 5) is 44.5. The highest BCUT2D eigenvalue weighted by Gasteiger charge is 2.30. The first-order chi connectivity index (χ1) is 18.4. The van der Waals surface area contributed by atoms with Crippen molar-refractivity contribution in [1.82, 2.24) is 19.8 Å². The van der Waals surface area contributed by atoms with Crippen LogP contribution in [0.2, 0.25) is 0 Å². The van der Waals surface area contributed by atoms with Gasteiger partial charge in [0.2, 0.25) is 11.8 Å². The Morgan fingerprint density at radius 3 is 2.61 bits per heavy atom. The van der Waals surface area contributed by atoms with Crippen LogP contribution in [-0.4, -0.2) is 39.4 Å². The van der Waals surface area contributed by atoms with Gasteiger partial charge in [-0.2, -0.15) is 0 Å². The van der Waals surface area contributed by atoms with Gasteiger partial charge in [-0.1, -0.05) is 42.9 Å². The van der Waals surface area contributed by atoms with Crippen LogP contribution in [0.15, 0.2) is 41.2 Å². The predicted molar refractivity (Wildman–Crippen MR) is 143 cm³/mol. The molecule has 2 amide bonds. The molecular formula is C30H31FN4O3. The fraction of sp³-hybridized carbons (Fsp3) is 0.400. The fourth-order valence-corrected chi connectivity index (χ4v) is 5.37. The number of hydrogen-bond donors (Lipinski definition) is 1. The van der Waals surface area contributed by atoms with E-state index in [-0.39, 0.29) is 36.5 Å². The molecule has 1 aromatic heterocycles. The summed E-state index contributed by atoms with van der Waals surface area (Å²) < 4.78 is 16.2. The van der Waals surface area contributed by atoms with Crippen molar-refractivity contribution in [2.45, 2.75) is 64.5 Å². The molecule has 7 nitrogen and oxygen atoms in total. The van der Waals surface area contributed by atoms with Gasteiger partial charge in [0.25, 0.3) is 5.56 Å². The molecule has 0 bridgehead atoms. The van der Waals surface area contributed by atoms with Gasteiger partial charge in [-0.25, -0.2) is 9.37 Å². The minimum atomic E-state index is -0.806. The molecule has 1 atom stereocenters. The number of nitrogens with one attached hydrogen (secondary N) is 1. The summed E-state index contributed by atoms with van der Waals surface area (Å²) in [6.07, 6.45) is 5.51. The van der Waals surface area contributed by atoms with E-state index >= 15 is 0 Å². The number of halogens is 1. The first-order valence-corrected chi connectivity index (χ1v) is 13.2. The molecule has 0 saturated carbocycles. The normalized spacial score (nSPS) is 18.5. The van der Waals surface area contributed by atoms with Gasteiger partial charge in [-0.15, -0.1) is 0 Å². The Labute approximate surface area is 221 Å². The molecule has 196 valence electrons. The van der Waals surface area contributed by atoms with Gasteiger partial charge in [0, 0.05) is 24.9 Å². The summed E-state index contributed by atoms with van der Waals surface area (Å²) in [5.41, 5.74) is 2.04. The summed E-state index contributed by atoms with van der Waals surface area (Å²) in [5.74, 6) is 5.30. The van der Waals surface area contributed by atoms with Crippen LogP contribution in [0.3, 0.4) is 0 Å². The zero-order valence-corrected chi connectivity index (χ0v) is 21.6. The fourth-order valence-electron chi connectivity index (χ4n) is 5.37. The number of benzene rings is 2. The third-order valence-electron chi connectivity index (χ3n) is 7.35. The summed E-state index contributed by atoms with van der Waals surface area (Å²) in [6.45, 7) is 4.53. The lowest BCUT2D eigenvalue weighted by Crippen LogP contribution is -2.45. The molecule has 0 spiro atoms. The number of hydrogen-bond acceptors (Lipinski definition) is 5. The molecule has 38 heavy (non-hydrogen) atoms. The molecule has 2 aliphatic rings. The lowest BCUT2D eigenvalue weighted by atomic mass is 10.0. The van der Waals surface area contributed by atoms with Crippen LogP contribution in [0.25, 0.3) is 10.9 Å². The number of piperidine rings is 1. The molecule has 8 heteroatoms. The molecule has 2 fully saturated rings. The number of fused-ring (bicyclic) bond motifs is 1. The van der Waals surface area contributed by atoms with E-state index in [9.17, 15) is 18.8 Å². The Balaban J connectivity index is 1.39. The molecule has 5 rings (SSSR count). The van der Waals surface area contributed by atoms with Crippen LogP contribution in [0, 0.1) is 24.6 Å². The lowest BCUT2D eigenvalue weighted by molar-refractivity contribution is -0.135. The van der Waals surface area contributed by atoms with E-state index in [0.29, 0.717) is 27.9 Å². The van der Waals surface area contributed by atoms with Crippen LogP contribution < -0.4 is 10.9 Å². The van der Waals surface area contributed by atoms with Gasteiger partial charge in [-0.3, -0.25) is 29.2 Å². The molecule has 0 aliphatic carbocycles. The number of aromatic nitrogens is 2. The third kappa shape index (κ3) is 5.53. The van der Waals surface area contributed by atoms with Crippen molar-refractivity contribution in [3.05, 3.63) is 75.1 Å². The first-order valence-electron chi connectivity index (χ1n) is 13.2. The highest BCUT2D eigenvalue weighted by Crippen LogP contribution is 2.21. The highest BCUT2D eigenvalue weighted by atomic mass is 19.1. The van der Waals surface area contributed by atoms with Crippen molar-refractivity contribution in [2.24, 2.45) is 0 Å². The second kappa shape index (κ2) is 11.3. The predicted octanol–water partition coefficient (Wildman–Crippen LogP) is 3.79. The maximum absolute atomic E-state index is 14.9. The lowest BCUT2D eigenvalue weighted by Gasteiger charge is -2.24. The molecule has 1 N–H and O–H groups in total. The van der Waals surface area contributed by atoms with E-state index in [1.54, 1.807) is 37.3 Å². The van der Waals surface area contributed by atoms with Crippen LogP contribution >= 0.6 is 0 Å². The van der Waals surface area contributed by atoms with E-state index in [4.69, 9.17) is 0 Å². The molecule has 3 aromatic rings. The van der Waals surface area contributed by atoms with Crippen LogP contribution in [0.5, 0.6) is 0 Å². The van der Waals surface area contributed by atoms with Gasteiger partial charge in [-0.05, 0) is 68.6 Å². The van der Waals surface area contributed by atoms with Crippen LogP contribution in [-0.2, 0) is 22.6 Å².